The molecule has 8 heteroatoms. The van der Waals surface area contributed by atoms with Crippen LogP contribution < -0.4 is 10.6 Å². The van der Waals surface area contributed by atoms with Crippen LogP contribution >= 0.6 is 0 Å². The minimum absolute atomic E-state index is 0.158. The van der Waals surface area contributed by atoms with Gasteiger partial charge in [0, 0.05) is 11.7 Å². The Balaban J connectivity index is 3.04. The number of aromatic carboxylic acids is 1. The van der Waals surface area contributed by atoms with Crippen molar-refractivity contribution in [3.63, 3.8) is 0 Å². The summed E-state index contributed by atoms with van der Waals surface area (Å²) in [7, 11) is 0. The van der Waals surface area contributed by atoms with Gasteiger partial charge in [-0.3, -0.25) is 0 Å². The molecule has 0 fully saturated rings. The number of amides is 2. The molecule has 0 saturated carbocycles. The van der Waals surface area contributed by atoms with Crippen molar-refractivity contribution in [1.82, 2.24) is 5.32 Å². The van der Waals surface area contributed by atoms with Crippen molar-refractivity contribution in [1.29, 1.82) is 0 Å². The van der Waals surface area contributed by atoms with Crippen LogP contribution in [-0.2, 0) is 6.18 Å². The molecule has 3 N–H and O–H groups in total. The summed E-state index contributed by atoms with van der Waals surface area (Å²) >= 11 is 0. The molecule has 21 heavy (non-hydrogen) atoms. The number of alkyl halides is 3. The summed E-state index contributed by atoms with van der Waals surface area (Å²) in [5.74, 6) is -1.51. The molecule has 116 valence electrons. The van der Waals surface area contributed by atoms with Gasteiger partial charge in [-0.2, -0.15) is 13.2 Å². The Morgan fingerprint density at radius 2 is 1.90 bits per heavy atom. The van der Waals surface area contributed by atoms with E-state index in [4.69, 9.17) is 5.11 Å². The molecule has 0 saturated heterocycles. The van der Waals surface area contributed by atoms with Crippen LogP contribution in [0.3, 0.4) is 0 Å². The molecule has 2 amide bonds. The van der Waals surface area contributed by atoms with Crippen LogP contribution in [0.5, 0.6) is 0 Å². The number of benzene rings is 1. The van der Waals surface area contributed by atoms with E-state index in [1.807, 2.05) is 6.92 Å². The molecule has 0 aromatic heterocycles. The molecule has 1 rings (SSSR count). The first-order valence-corrected chi connectivity index (χ1v) is 6.16. The molecule has 0 aliphatic rings. The molecule has 0 spiro atoms. The summed E-state index contributed by atoms with van der Waals surface area (Å²) in [6, 6.07) is 1.31. The highest BCUT2D eigenvalue weighted by Crippen LogP contribution is 2.32. The monoisotopic (exact) mass is 304 g/mol. The van der Waals surface area contributed by atoms with Crippen LogP contribution in [0.15, 0.2) is 18.2 Å². The summed E-state index contributed by atoms with van der Waals surface area (Å²) < 4.78 is 38.1. The quantitative estimate of drug-likeness (QED) is 0.798. The Labute approximate surface area is 119 Å². The molecule has 0 aliphatic heterocycles. The zero-order valence-corrected chi connectivity index (χ0v) is 11.4. The second-order valence-electron chi connectivity index (χ2n) is 4.51. The van der Waals surface area contributed by atoms with Crippen molar-refractivity contribution in [2.45, 2.75) is 32.5 Å². The predicted molar refractivity (Wildman–Crippen MR) is 70.3 cm³/mol. The van der Waals surface area contributed by atoms with E-state index in [1.165, 1.54) is 0 Å². The third-order valence-corrected chi connectivity index (χ3v) is 2.76. The Kier molecular flexibility index (Phi) is 5.17. The molecule has 0 heterocycles. The van der Waals surface area contributed by atoms with Crippen molar-refractivity contribution < 1.29 is 27.9 Å². The molecule has 1 aromatic carbocycles. The van der Waals surface area contributed by atoms with Crippen molar-refractivity contribution in [3.05, 3.63) is 29.3 Å². The molecule has 1 unspecified atom stereocenters. The number of hydrogen-bond acceptors (Lipinski definition) is 2. The Bertz CT molecular complexity index is 544. The zero-order chi connectivity index (χ0) is 16.2. The number of halogens is 3. The van der Waals surface area contributed by atoms with Crippen molar-refractivity contribution in [2.24, 2.45) is 0 Å². The van der Waals surface area contributed by atoms with Crippen LogP contribution in [0.4, 0.5) is 23.7 Å². The number of carbonyl (C=O) groups is 2. The van der Waals surface area contributed by atoms with E-state index < -0.39 is 29.3 Å². The molecular weight excluding hydrogens is 289 g/mol. The van der Waals surface area contributed by atoms with E-state index in [2.05, 4.69) is 10.6 Å². The summed E-state index contributed by atoms with van der Waals surface area (Å²) in [5.41, 5.74) is -1.92. The highest BCUT2D eigenvalue weighted by atomic mass is 19.4. The number of carboxylic acid groups (broad SMARTS) is 1. The molecular formula is C13H15F3N2O3. The van der Waals surface area contributed by atoms with Gasteiger partial charge in [0.1, 0.15) is 0 Å². The first-order valence-electron chi connectivity index (χ1n) is 6.16. The smallest absolute Gasteiger partial charge is 0.416 e. The number of anilines is 1. The number of urea groups is 1. The van der Waals surface area contributed by atoms with Gasteiger partial charge in [-0.15, -0.1) is 0 Å². The fourth-order valence-corrected chi connectivity index (χ4v) is 1.48. The maximum Gasteiger partial charge on any atom is 0.416 e. The lowest BCUT2D eigenvalue weighted by Crippen LogP contribution is -2.35. The SMILES string of the molecule is CCC(C)NC(=O)Nc1cc(C(=O)O)cc(C(F)(F)F)c1. The number of nitrogens with one attached hydrogen (secondary N) is 2. The molecule has 0 bridgehead atoms. The third-order valence-electron chi connectivity index (χ3n) is 2.76. The number of carboxylic acids is 1. The second-order valence-corrected chi connectivity index (χ2v) is 4.51. The maximum absolute atomic E-state index is 12.7. The minimum Gasteiger partial charge on any atom is -0.478 e. The maximum atomic E-state index is 12.7. The highest BCUT2D eigenvalue weighted by Gasteiger charge is 2.32. The first kappa shape index (κ1) is 16.8. The van der Waals surface area contributed by atoms with Gasteiger partial charge in [0.2, 0.25) is 0 Å². The summed E-state index contributed by atoms with van der Waals surface area (Å²) in [6.45, 7) is 3.56. The lowest BCUT2D eigenvalue weighted by Gasteiger charge is -2.14. The normalized spacial score (nSPS) is 12.6. The van der Waals surface area contributed by atoms with Gasteiger partial charge < -0.3 is 15.7 Å². The number of hydrogen-bond donors (Lipinski definition) is 3. The van der Waals surface area contributed by atoms with E-state index in [0.29, 0.717) is 18.6 Å². The zero-order valence-electron chi connectivity index (χ0n) is 11.4. The van der Waals surface area contributed by atoms with Crippen LogP contribution in [0.1, 0.15) is 36.2 Å². The first-order chi connectivity index (χ1) is 9.63. The summed E-state index contributed by atoms with van der Waals surface area (Å²) in [5, 5.41) is 13.5. The Morgan fingerprint density at radius 3 is 2.38 bits per heavy atom. The van der Waals surface area contributed by atoms with E-state index in [0.717, 1.165) is 6.07 Å². The van der Waals surface area contributed by atoms with Crippen LogP contribution in [0.25, 0.3) is 0 Å². The lowest BCUT2D eigenvalue weighted by molar-refractivity contribution is -0.137. The third kappa shape index (κ3) is 4.97. The van der Waals surface area contributed by atoms with Gasteiger partial charge in [0.25, 0.3) is 0 Å². The highest BCUT2D eigenvalue weighted by molar-refractivity contribution is 5.93. The van der Waals surface area contributed by atoms with Crippen LogP contribution in [-0.4, -0.2) is 23.1 Å². The molecule has 1 aromatic rings. The summed E-state index contributed by atoms with van der Waals surface area (Å²) in [6.07, 6.45) is -4.05. The van der Waals surface area contributed by atoms with Crippen LogP contribution in [0.2, 0.25) is 0 Å². The van der Waals surface area contributed by atoms with E-state index >= 15 is 0 Å². The fourth-order valence-electron chi connectivity index (χ4n) is 1.48. The van der Waals surface area contributed by atoms with Crippen molar-refractivity contribution in [3.8, 4) is 0 Å². The fraction of sp³-hybridized carbons (Fsp3) is 0.385. The largest absolute Gasteiger partial charge is 0.478 e. The standard InChI is InChI=1S/C13H15F3N2O3/c1-3-7(2)17-12(21)18-10-5-8(11(19)20)4-9(6-10)13(14,15)16/h4-7H,3H2,1-2H3,(H,19,20)(H2,17,18,21). The molecule has 0 aliphatic carbocycles. The average Bonchev–Trinajstić information content (AvgIpc) is 2.36. The van der Waals surface area contributed by atoms with Gasteiger partial charge in [-0.1, -0.05) is 6.92 Å². The number of carbonyl (C=O) groups excluding carboxylic acids is 1. The average molecular weight is 304 g/mol. The van der Waals surface area contributed by atoms with Gasteiger partial charge in [0.15, 0.2) is 0 Å². The number of rotatable bonds is 4. The van der Waals surface area contributed by atoms with Gasteiger partial charge >= 0.3 is 18.2 Å². The summed E-state index contributed by atoms with van der Waals surface area (Å²) in [4.78, 5) is 22.4. The Morgan fingerprint density at radius 1 is 1.29 bits per heavy atom. The lowest BCUT2D eigenvalue weighted by atomic mass is 10.1. The van der Waals surface area contributed by atoms with Gasteiger partial charge in [-0.25, -0.2) is 9.59 Å². The second kappa shape index (κ2) is 6.47. The Hall–Kier alpha value is -2.25. The minimum atomic E-state index is -4.70. The van der Waals surface area contributed by atoms with Gasteiger partial charge in [-0.05, 0) is 31.5 Å². The van der Waals surface area contributed by atoms with E-state index in [1.54, 1.807) is 6.92 Å². The van der Waals surface area contributed by atoms with Crippen molar-refractivity contribution >= 4 is 17.7 Å². The molecule has 1 atom stereocenters. The topological polar surface area (TPSA) is 78.4 Å². The molecule has 0 radical (unpaired) electrons. The van der Waals surface area contributed by atoms with Crippen molar-refractivity contribution in [2.75, 3.05) is 5.32 Å². The van der Waals surface area contributed by atoms with Crippen LogP contribution in [0, 0.1) is 0 Å². The molecule has 5 nitrogen and oxygen atoms in total. The van der Waals surface area contributed by atoms with E-state index in [-0.39, 0.29) is 11.7 Å². The van der Waals surface area contributed by atoms with E-state index in [9.17, 15) is 22.8 Å². The van der Waals surface area contributed by atoms with Gasteiger partial charge in [0.05, 0.1) is 11.1 Å². The predicted octanol–water partition coefficient (Wildman–Crippen LogP) is 3.32.